The molecule has 0 saturated heterocycles. The molecule has 0 aliphatic heterocycles. The van der Waals surface area contributed by atoms with Gasteiger partial charge in [0.05, 0.1) is 4.92 Å². The molecule has 0 saturated carbocycles. The maximum Gasteiger partial charge on any atom is 0.310 e. The van der Waals surface area contributed by atoms with Gasteiger partial charge >= 0.3 is 5.69 Å². The number of nitrogens with zero attached hydrogens (tertiary/aromatic N) is 1. The quantitative estimate of drug-likeness (QED) is 0.620. The molecular formula is C11H17N3O4S. The summed E-state index contributed by atoms with van der Waals surface area (Å²) < 4.78 is 23.2. The zero-order valence-corrected chi connectivity index (χ0v) is 11.8. The van der Waals surface area contributed by atoms with Crippen LogP contribution in [0.5, 0.6) is 0 Å². The third kappa shape index (κ3) is 3.65. The summed E-state index contributed by atoms with van der Waals surface area (Å²) >= 11 is 0. The first-order chi connectivity index (χ1) is 8.58. The second-order valence-corrected chi connectivity index (χ2v) is 6.88. The fourth-order valence-electron chi connectivity index (χ4n) is 1.53. The molecule has 0 atom stereocenters. The first kappa shape index (κ1) is 15.4. The molecule has 0 fully saturated rings. The molecule has 19 heavy (non-hydrogen) atoms. The average molecular weight is 287 g/mol. The van der Waals surface area contributed by atoms with Gasteiger partial charge in [-0.2, -0.15) is 0 Å². The third-order valence-corrected chi connectivity index (χ3v) is 3.69. The molecule has 3 N–H and O–H groups in total. The van der Waals surface area contributed by atoms with E-state index >= 15 is 0 Å². The number of rotatable bonds is 5. The summed E-state index contributed by atoms with van der Waals surface area (Å²) in [5, 5.41) is 14.0. The summed E-state index contributed by atoms with van der Waals surface area (Å²) in [6.45, 7) is 3.78. The molecule has 0 aliphatic carbocycles. The SMILES string of the molecule is CC(C)(CN)Nc1cccc(S(C)(=O)=O)c1[N+](=O)[O-]. The van der Waals surface area contributed by atoms with Crippen LogP contribution in [0.3, 0.4) is 0 Å². The van der Waals surface area contributed by atoms with Gasteiger partial charge in [-0.3, -0.25) is 10.1 Å². The number of hydrogen-bond acceptors (Lipinski definition) is 6. The van der Waals surface area contributed by atoms with Gasteiger partial charge in [0, 0.05) is 18.3 Å². The summed E-state index contributed by atoms with van der Waals surface area (Å²) in [6, 6.07) is 4.14. The summed E-state index contributed by atoms with van der Waals surface area (Å²) in [5.41, 5.74) is 4.66. The van der Waals surface area contributed by atoms with Gasteiger partial charge in [-0.25, -0.2) is 8.42 Å². The van der Waals surface area contributed by atoms with Gasteiger partial charge in [0.2, 0.25) is 0 Å². The molecule has 7 nitrogen and oxygen atoms in total. The molecule has 0 unspecified atom stereocenters. The molecule has 0 heterocycles. The Labute approximate surface area is 111 Å². The van der Waals surface area contributed by atoms with Crippen molar-refractivity contribution in [3.63, 3.8) is 0 Å². The standard InChI is InChI=1S/C11H17N3O4S/c1-11(2,7-12)13-8-5-4-6-9(19(3,17)18)10(8)14(15)16/h4-6,13H,7,12H2,1-3H3. The van der Waals surface area contributed by atoms with E-state index in [0.29, 0.717) is 0 Å². The van der Waals surface area contributed by atoms with Crippen LogP contribution in [0.4, 0.5) is 11.4 Å². The molecule has 0 spiro atoms. The van der Waals surface area contributed by atoms with Crippen LogP contribution >= 0.6 is 0 Å². The van der Waals surface area contributed by atoms with Crippen molar-refractivity contribution >= 4 is 21.2 Å². The normalized spacial score (nSPS) is 12.2. The van der Waals surface area contributed by atoms with Gasteiger partial charge < -0.3 is 11.1 Å². The van der Waals surface area contributed by atoms with Crippen molar-refractivity contribution < 1.29 is 13.3 Å². The minimum absolute atomic E-state index is 0.142. The monoisotopic (exact) mass is 287 g/mol. The average Bonchev–Trinajstić information content (AvgIpc) is 2.26. The highest BCUT2D eigenvalue weighted by molar-refractivity contribution is 7.90. The Morgan fingerprint density at radius 2 is 2.00 bits per heavy atom. The molecule has 8 heteroatoms. The van der Waals surface area contributed by atoms with E-state index in [1.807, 2.05) is 0 Å². The van der Waals surface area contributed by atoms with Crippen LogP contribution in [-0.2, 0) is 9.84 Å². The number of benzene rings is 1. The highest BCUT2D eigenvalue weighted by Crippen LogP contribution is 2.33. The fourth-order valence-corrected chi connectivity index (χ4v) is 2.39. The minimum Gasteiger partial charge on any atom is -0.373 e. The van der Waals surface area contributed by atoms with Gasteiger partial charge in [-0.15, -0.1) is 0 Å². The largest absolute Gasteiger partial charge is 0.373 e. The summed E-state index contributed by atoms with van der Waals surface area (Å²) in [5.74, 6) is 0. The first-order valence-electron chi connectivity index (χ1n) is 5.54. The van der Waals surface area contributed by atoms with E-state index in [-0.39, 0.29) is 17.1 Å². The Morgan fingerprint density at radius 3 is 2.42 bits per heavy atom. The van der Waals surface area contributed by atoms with Crippen LogP contribution in [-0.4, -0.2) is 31.7 Å². The van der Waals surface area contributed by atoms with Crippen molar-refractivity contribution in [2.45, 2.75) is 24.3 Å². The second kappa shape index (κ2) is 5.14. The fraction of sp³-hybridized carbons (Fsp3) is 0.455. The van der Waals surface area contributed by atoms with Crippen LogP contribution in [0.15, 0.2) is 23.1 Å². The summed E-state index contributed by atoms with van der Waals surface area (Å²) in [7, 11) is -3.68. The molecule has 0 aliphatic rings. The number of nitrogens with one attached hydrogen (secondary N) is 1. The van der Waals surface area contributed by atoms with Gasteiger partial charge in [-0.1, -0.05) is 6.07 Å². The molecule has 1 aromatic carbocycles. The number of anilines is 1. The van der Waals surface area contributed by atoms with Crippen LogP contribution in [0, 0.1) is 10.1 Å². The highest BCUT2D eigenvalue weighted by Gasteiger charge is 2.28. The Bertz CT molecular complexity index is 596. The summed E-state index contributed by atoms with van der Waals surface area (Å²) in [6.07, 6.45) is 0.938. The van der Waals surface area contributed by atoms with Crippen LogP contribution in [0.25, 0.3) is 0 Å². The van der Waals surface area contributed by atoms with Gasteiger partial charge in [0.1, 0.15) is 10.6 Å². The molecule has 0 radical (unpaired) electrons. The lowest BCUT2D eigenvalue weighted by molar-refractivity contribution is -0.386. The van der Waals surface area contributed by atoms with E-state index < -0.39 is 26.0 Å². The van der Waals surface area contributed by atoms with E-state index in [2.05, 4.69) is 5.32 Å². The molecule has 1 rings (SSSR count). The molecule has 0 amide bonds. The predicted molar refractivity (Wildman–Crippen MR) is 73.0 cm³/mol. The number of hydrogen-bond donors (Lipinski definition) is 2. The van der Waals surface area contributed by atoms with E-state index in [1.165, 1.54) is 18.2 Å². The third-order valence-electron chi connectivity index (χ3n) is 2.56. The zero-order chi connectivity index (χ0) is 14.8. The smallest absolute Gasteiger partial charge is 0.310 e. The van der Waals surface area contributed by atoms with E-state index in [1.54, 1.807) is 13.8 Å². The molecule has 0 bridgehead atoms. The molecular weight excluding hydrogens is 270 g/mol. The predicted octanol–water partition coefficient (Wildman–Crippen LogP) is 1.15. The lowest BCUT2D eigenvalue weighted by Crippen LogP contribution is -2.39. The van der Waals surface area contributed by atoms with Crippen LogP contribution in [0.2, 0.25) is 0 Å². The molecule has 106 valence electrons. The van der Waals surface area contributed by atoms with Gasteiger partial charge in [-0.05, 0) is 26.0 Å². The van der Waals surface area contributed by atoms with Crippen molar-refractivity contribution in [1.29, 1.82) is 0 Å². The van der Waals surface area contributed by atoms with Gasteiger partial charge in [0.25, 0.3) is 0 Å². The van der Waals surface area contributed by atoms with E-state index in [9.17, 15) is 18.5 Å². The van der Waals surface area contributed by atoms with E-state index in [0.717, 1.165) is 6.26 Å². The molecule has 0 aromatic heterocycles. The maximum absolute atomic E-state index is 11.6. The number of sulfone groups is 1. The zero-order valence-electron chi connectivity index (χ0n) is 11.0. The Morgan fingerprint density at radius 1 is 1.42 bits per heavy atom. The Kier molecular flexibility index (Phi) is 4.16. The second-order valence-electron chi connectivity index (χ2n) is 4.89. The number of nitro benzene ring substituents is 1. The number of nitrogens with two attached hydrogens (primary N) is 1. The Balaban J connectivity index is 3.46. The topological polar surface area (TPSA) is 115 Å². The lowest BCUT2D eigenvalue weighted by Gasteiger charge is -2.25. The van der Waals surface area contributed by atoms with Crippen molar-refractivity contribution in [2.24, 2.45) is 5.73 Å². The minimum atomic E-state index is -3.68. The van der Waals surface area contributed by atoms with Crippen molar-refractivity contribution in [3.05, 3.63) is 28.3 Å². The lowest BCUT2D eigenvalue weighted by atomic mass is 10.1. The van der Waals surface area contributed by atoms with Crippen LogP contribution in [0.1, 0.15) is 13.8 Å². The summed E-state index contributed by atoms with van der Waals surface area (Å²) in [4.78, 5) is 10.1. The van der Waals surface area contributed by atoms with Crippen molar-refractivity contribution in [2.75, 3.05) is 18.1 Å². The van der Waals surface area contributed by atoms with Crippen molar-refractivity contribution in [3.8, 4) is 0 Å². The van der Waals surface area contributed by atoms with E-state index in [4.69, 9.17) is 5.73 Å². The highest BCUT2D eigenvalue weighted by atomic mass is 32.2. The molecule has 1 aromatic rings. The number of nitro groups is 1. The van der Waals surface area contributed by atoms with Crippen LogP contribution < -0.4 is 11.1 Å². The number of para-hydroxylation sites is 1. The maximum atomic E-state index is 11.6. The van der Waals surface area contributed by atoms with Gasteiger partial charge in [0.15, 0.2) is 9.84 Å². The van der Waals surface area contributed by atoms with Crippen molar-refractivity contribution in [1.82, 2.24) is 0 Å². The first-order valence-corrected chi connectivity index (χ1v) is 7.43. The Hall–Kier alpha value is -1.67.